The molecule has 2 N–H and O–H groups in total. The molecular weight excluding hydrogens is 540 g/mol. The molecule has 1 aliphatic rings. The summed E-state index contributed by atoms with van der Waals surface area (Å²) in [6, 6.07) is 24.8. The lowest BCUT2D eigenvalue weighted by molar-refractivity contribution is -0.134. The first-order valence-corrected chi connectivity index (χ1v) is 15.2. The summed E-state index contributed by atoms with van der Waals surface area (Å²) in [5, 5.41) is 5.73. The first kappa shape index (κ1) is 31.5. The predicted octanol–water partition coefficient (Wildman–Crippen LogP) is 4.58. The maximum Gasteiger partial charge on any atom is 0.251 e. The standard InChI is InChI=1S/C35H42N4O4/c1-3-4-21-38(26(2)40)24-28-12-8-14-31(23-28)29-15-17-30(18-16-29)34(42)37-32-19-22-39(35(32)43)25-33(41)36-20-9-13-27-10-6-5-7-11-27/h5-8,10-12,14-18,23,32H,3-4,9,13,19-22,24-25H2,1-2H3,(H,36,41)(H,37,42). The quantitative estimate of drug-likeness (QED) is 0.272. The van der Waals surface area contributed by atoms with Gasteiger partial charge in [-0.15, -0.1) is 0 Å². The molecule has 43 heavy (non-hydrogen) atoms. The van der Waals surface area contributed by atoms with Crippen molar-refractivity contribution in [2.24, 2.45) is 0 Å². The fourth-order valence-electron chi connectivity index (χ4n) is 5.25. The van der Waals surface area contributed by atoms with E-state index in [-0.39, 0.29) is 30.2 Å². The molecular formula is C35H42N4O4. The van der Waals surface area contributed by atoms with Gasteiger partial charge < -0.3 is 20.4 Å². The number of nitrogens with zero attached hydrogens (tertiary/aromatic N) is 2. The zero-order valence-corrected chi connectivity index (χ0v) is 25.2. The van der Waals surface area contributed by atoms with Crippen molar-refractivity contribution in [2.45, 2.75) is 58.5 Å². The van der Waals surface area contributed by atoms with Gasteiger partial charge in [0.05, 0.1) is 6.54 Å². The number of nitrogens with one attached hydrogen (secondary N) is 2. The number of hydrogen-bond donors (Lipinski definition) is 2. The normalized spacial score (nSPS) is 14.4. The first-order valence-electron chi connectivity index (χ1n) is 15.2. The number of aryl methyl sites for hydroxylation is 1. The fourth-order valence-corrected chi connectivity index (χ4v) is 5.25. The number of rotatable bonds is 14. The van der Waals surface area contributed by atoms with E-state index < -0.39 is 6.04 Å². The van der Waals surface area contributed by atoms with Crippen LogP contribution in [0, 0.1) is 0 Å². The van der Waals surface area contributed by atoms with Crippen LogP contribution in [0.3, 0.4) is 0 Å². The molecule has 0 saturated carbocycles. The average molecular weight is 583 g/mol. The molecule has 226 valence electrons. The smallest absolute Gasteiger partial charge is 0.251 e. The summed E-state index contributed by atoms with van der Waals surface area (Å²) >= 11 is 0. The molecule has 0 aliphatic carbocycles. The Balaban J connectivity index is 1.25. The molecule has 8 heteroatoms. The molecule has 0 bridgehead atoms. The molecule has 0 aromatic heterocycles. The van der Waals surface area contributed by atoms with Gasteiger partial charge >= 0.3 is 0 Å². The summed E-state index contributed by atoms with van der Waals surface area (Å²) in [6.07, 6.45) is 4.17. The van der Waals surface area contributed by atoms with Crippen molar-refractivity contribution in [3.05, 3.63) is 95.6 Å². The molecule has 0 radical (unpaired) electrons. The molecule has 0 spiro atoms. The van der Waals surface area contributed by atoms with Crippen molar-refractivity contribution in [1.29, 1.82) is 0 Å². The number of likely N-dealkylation sites (tertiary alicyclic amines) is 1. The van der Waals surface area contributed by atoms with E-state index >= 15 is 0 Å². The second-order valence-electron chi connectivity index (χ2n) is 11.1. The van der Waals surface area contributed by atoms with E-state index in [1.54, 1.807) is 19.1 Å². The zero-order chi connectivity index (χ0) is 30.6. The maximum atomic E-state index is 12.9. The third-order valence-corrected chi connectivity index (χ3v) is 7.75. The lowest BCUT2D eigenvalue weighted by atomic mass is 10.0. The van der Waals surface area contributed by atoms with Crippen LogP contribution in [0.15, 0.2) is 78.9 Å². The van der Waals surface area contributed by atoms with Crippen LogP contribution in [-0.2, 0) is 27.3 Å². The van der Waals surface area contributed by atoms with E-state index in [1.165, 1.54) is 10.5 Å². The third kappa shape index (κ3) is 9.26. The van der Waals surface area contributed by atoms with Crippen LogP contribution in [0.1, 0.15) is 61.0 Å². The number of unbranched alkanes of at least 4 members (excludes halogenated alkanes) is 1. The highest BCUT2D eigenvalue weighted by molar-refractivity contribution is 5.99. The lowest BCUT2D eigenvalue weighted by Crippen LogP contribution is -2.44. The van der Waals surface area contributed by atoms with Gasteiger partial charge in [0.15, 0.2) is 0 Å². The van der Waals surface area contributed by atoms with E-state index in [9.17, 15) is 19.2 Å². The molecule has 4 amide bonds. The molecule has 3 aromatic rings. The summed E-state index contributed by atoms with van der Waals surface area (Å²) in [5.41, 5.74) is 4.70. The van der Waals surface area contributed by atoms with Gasteiger partial charge in [-0.25, -0.2) is 0 Å². The summed E-state index contributed by atoms with van der Waals surface area (Å²) in [5.74, 6) is -0.683. The molecule has 4 rings (SSSR count). The molecule has 1 atom stereocenters. The Morgan fingerprint density at radius 1 is 0.907 bits per heavy atom. The predicted molar refractivity (Wildman–Crippen MR) is 168 cm³/mol. The number of hydrogen-bond acceptors (Lipinski definition) is 4. The summed E-state index contributed by atoms with van der Waals surface area (Å²) in [6.45, 7) is 5.98. The molecule has 3 aromatic carbocycles. The van der Waals surface area contributed by atoms with Gasteiger partial charge in [-0.05, 0) is 66.1 Å². The van der Waals surface area contributed by atoms with E-state index in [1.807, 2.05) is 53.4 Å². The highest BCUT2D eigenvalue weighted by atomic mass is 16.2. The minimum absolute atomic E-state index is 0.00686. The SMILES string of the molecule is CCCCN(Cc1cccc(-c2ccc(C(=O)NC3CCN(CC(=O)NCCCc4ccccc4)C3=O)cc2)c1)C(C)=O. The molecule has 1 heterocycles. The van der Waals surface area contributed by atoms with Crippen molar-refractivity contribution < 1.29 is 19.2 Å². The van der Waals surface area contributed by atoms with Gasteiger partial charge in [-0.3, -0.25) is 19.2 Å². The van der Waals surface area contributed by atoms with Crippen molar-refractivity contribution in [1.82, 2.24) is 20.4 Å². The summed E-state index contributed by atoms with van der Waals surface area (Å²) in [7, 11) is 0. The van der Waals surface area contributed by atoms with Crippen LogP contribution in [0.25, 0.3) is 11.1 Å². The maximum absolute atomic E-state index is 12.9. The topological polar surface area (TPSA) is 98.8 Å². The minimum atomic E-state index is -0.647. The second kappa shape index (κ2) is 15.7. The number of carbonyl (C=O) groups excluding carboxylic acids is 4. The fraction of sp³-hybridized carbons (Fsp3) is 0.371. The van der Waals surface area contributed by atoms with Crippen molar-refractivity contribution in [2.75, 3.05) is 26.2 Å². The van der Waals surface area contributed by atoms with Gasteiger partial charge in [0.2, 0.25) is 17.7 Å². The Labute approximate surface area is 254 Å². The molecule has 1 unspecified atom stereocenters. The average Bonchev–Trinajstić information content (AvgIpc) is 3.35. The van der Waals surface area contributed by atoms with E-state index in [2.05, 4.69) is 35.8 Å². The van der Waals surface area contributed by atoms with Crippen molar-refractivity contribution in [3.63, 3.8) is 0 Å². The Morgan fingerprint density at radius 2 is 1.65 bits per heavy atom. The highest BCUT2D eigenvalue weighted by Crippen LogP contribution is 2.22. The van der Waals surface area contributed by atoms with Gasteiger partial charge in [0.25, 0.3) is 5.91 Å². The van der Waals surface area contributed by atoms with Gasteiger partial charge in [0.1, 0.15) is 6.04 Å². The first-order chi connectivity index (χ1) is 20.8. The van der Waals surface area contributed by atoms with Crippen LogP contribution in [0.2, 0.25) is 0 Å². The Hall–Kier alpha value is -4.46. The number of carbonyl (C=O) groups is 4. The Bertz CT molecular complexity index is 1390. The third-order valence-electron chi connectivity index (χ3n) is 7.75. The molecule has 1 fully saturated rings. The molecule has 1 aliphatic heterocycles. The monoisotopic (exact) mass is 582 g/mol. The summed E-state index contributed by atoms with van der Waals surface area (Å²) < 4.78 is 0. The Kier molecular flexibility index (Phi) is 11.5. The van der Waals surface area contributed by atoms with E-state index in [0.717, 1.165) is 48.9 Å². The van der Waals surface area contributed by atoms with Crippen LogP contribution in [0.4, 0.5) is 0 Å². The van der Waals surface area contributed by atoms with Crippen molar-refractivity contribution >= 4 is 23.6 Å². The largest absolute Gasteiger partial charge is 0.355 e. The second-order valence-corrected chi connectivity index (χ2v) is 11.1. The van der Waals surface area contributed by atoms with E-state index in [4.69, 9.17) is 0 Å². The number of benzene rings is 3. The zero-order valence-electron chi connectivity index (χ0n) is 25.2. The van der Waals surface area contributed by atoms with Crippen LogP contribution in [-0.4, -0.2) is 65.6 Å². The highest BCUT2D eigenvalue weighted by Gasteiger charge is 2.33. The van der Waals surface area contributed by atoms with Gasteiger partial charge in [-0.1, -0.05) is 74.0 Å². The van der Waals surface area contributed by atoms with Gasteiger partial charge in [-0.2, -0.15) is 0 Å². The van der Waals surface area contributed by atoms with Crippen LogP contribution < -0.4 is 10.6 Å². The number of amides is 4. The summed E-state index contributed by atoms with van der Waals surface area (Å²) in [4.78, 5) is 53.6. The van der Waals surface area contributed by atoms with Crippen LogP contribution in [0.5, 0.6) is 0 Å². The minimum Gasteiger partial charge on any atom is -0.355 e. The molecule has 1 saturated heterocycles. The van der Waals surface area contributed by atoms with Crippen molar-refractivity contribution in [3.8, 4) is 11.1 Å². The Morgan fingerprint density at radius 3 is 2.37 bits per heavy atom. The lowest BCUT2D eigenvalue weighted by Gasteiger charge is -2.21. The van der Waals surface area contributed by atoms with Crippen LogP contribution >= 0.6 is 0 Å². The van der Waals surface area contributed by atoms with E-state index in [0.29, 0.717) is 31.6 Å². The van der Waals surface area contributed by atoms with Gasteiger partial charge in [0, 0.05) is 38.7 Å². The molecule has 8 nitrogen and oxygen atoms in total.